The van der Waals surface area contributed by atoms with E-state index in [9.17, 15) is 13.2 Å². The van der Waals surface area contributed by atoms with Crippen LogP contribution >= 0.6 is 23.4 Å². The molecular formula is C20H15ClN2O4S2. The second-order valence-corrected chi connectivity index (χ2v) is 9.37. The number of hydrogen-bond donors (Lipinski definition) is 1. The second kappa shape index (κ2) is 7.62. The lowest BCUT2D eigenvalue weighted by Gasteiger charge is -2.13. The highest BCUT2D eigenvalue weighted by atomic mass is 35.5. The highest BCUT2D eigenvalue weighted by Gasteiger charge is 2.22. The van der Waals surface area contributed by atoms with Crippen LogP contribution in [0.15, 0.2) is 90.6 Å². The zero-order chi connectivity index (χ0) is 20.6. The number of nitrogens with one attached hydrogen (secondary N) is 1. The third kappa shape index (κ3) is 3.91. The molecule has 0 bridgehead atoms. The first kappa shape index (κ1) is 19.6. The summed E-state index contributed by atoms with van der Waals surface area (Å²) in [7, 11) is -2.50. The van der Waals surface area contributed by atoms with Gasteiger partial charge in [-0.3, -0.25) is 9.29 Å². The van der Waals surface area contributed by atoms with E-state index in [-0.39, 0.29) is 15.5 Å². The Morgan fingerprint density at radius 3 is 2.48 bits per heavy atom. The van der Waals surface area contributed by atoms with Crippen molar-refractivity contribution in [2.24, 2.45) is 7.05 Å². The number of halogens is 1. The van der Waals surface area contributed by atoms with Crippen molar-refractivity contribution in [2.45, 2.75) is 14.7 Å². The average molecular weight is 447 g/mol. The molecule has 0 saturated carbocycles. The predicted molar refractivity (Wildman–Crippen MR) is 114 cm³/mol. The van der Waals surface area contributed by atoms with Gasteiger partial charge in [-0.15, -0.1) is 0 Å². The molecular weight excluding hydrogens is 432 g/mol. The van der Waals surface area contributed by atoms with E-state index in [2.05, 4.69) is 4.72 Å². The van der Waals surface area contributed by atoms with Crippen LogP contribution in [-0.4, -0.2) is 13.0 Å². The molecule has 0 radical (unpaired) electrons. The highest BCUT2D eigenvalue weighted by Crippen LogP contribution is 2.35. The number of aryl methyl sites for hydroxylation is 1. The summed E-state index contributed by atoms with van der Waals surface area (Å²) < 4.78 is 35.0. The molecule has 4 rings (SSSR count). The molecule has 0 saturated heterocycles. The highest BCUT2D eigenvalue weighted by molar-refractivity contribution is 7.99. The van der Waals surface area contributed by atoms with Gasteiger partial charge in [0.25, 0.3) is 10.0 Å². The van der Waals surface area contributed by atoms with E-state index < -0.39 is 15.8 Å². The minimum absolute atomic E-state index is 0.00501. The summed E-state index contributed by atoms with van der Waals surface area (Å²) >= 11 is 7.66. The van der Waals surface area contributed by atoms with Crippen LogP contribution in [0.4, 0.5) is 5.69 Å². The van der Waals surface area contributed by atoms with Gasteiger partial charge in [-0.25, -0.2) is 13.2 Å². The number of para-hydroxylation sites is 1. The number of sulfonamides is 1. The Hall–Kier alpha value is -2.68. The fraction of sp³-hybridized carbons (Fsp3) is 0.0500. The molecule has 3 aromatic carbocycles. The van der Waals surface area contributed by atoms with Crippen molar-refractivity contribution in [3.63, 3.8) is 0 Å². The van der Waals surface area contributed by atoms with Gasteiger partial charge in [0.15, 0.2) is 5.58 Å². The van der Waals surface area contributed by atoms with Crippen LogP contribution in [0.5, 0.6) is 0 Å². The van der Waals surface area contributed by atoms with Crippen LogP contribution in [0, 0.1) is 0 Å². The predicted octanol–water partition coefficient (Wildman–Crippen LogP) is 4.74. The summed E-state index contributed by atoms with van der Waals surface area (Å²) in [5, 5.41) is -0.00501. The molecule has 1 N–H and O–H groups in total. The van der Waals surface area contributed by atoms with E-state index >= 15 is 0 Å². The third-order valence-electron chi connectivity index (χ3n) is 4.24. The van der Waals surface area contributed by atoms with E-state index in [1.807, 2.05) is 42.5 Å². The van der Waals surface area contributed by atoms with Gasteiger partial charge in [0.05, 0.1) is 16.2 Å². The Labute approximate surface area is 176 Å². The maximum Gasteiger partial charge on any atom is 0.419 e. The first-order valence-electron chi connectivity index (χ1n) is 8.49. The van der Waals surface area contributed by atoms with E-state index in [0.717, 1.165) is 9.79 Å². The van der Waals surface area contributed by atoms with Crippen molar-refractivity contribution >= 4 is 50.2 Å². The van der Waals surface area contributed by atoms with Gasteiger partial charge >= 0.3 is 5.76 Å². The fourth-order valence-electron chi connectivity index (χ4n) is 2.79. The zero-order valence-corrected chi connectivity index (χ0v) is 17.5. The molecule has 0 fully saturated rings. The summed E-state index contributed by atoms with van der Waals surface area (Å²) in [6.07, 6.45) is 0. The number of oxazole rings is 1. The molecule has 0 unspecified atom stereocenters. The Morgan fingerprint density at radius 2 is 1.72 bits per heavy atom. The molecule has 0 spiro atoms. The SMILES string of the molecule is Cn1c(=O)oc2cc(S(=O)(=O)Nc3ccccc3Sc3ccccc3)c(Cl)cc21. The molecule has 1 heterocycles. The number of rotatable bonds is 5. The lowest BCUT2D eigenvalue weighted by atomic mass is 10.3. The van der Waals surface area contributed by atoms with Crippen LogP contribution in [-0.2, 0) is 17.1 Å². The smallest absolute Gasteiger partial charge is 0.408 e. The maximum absolute atomic E-state index is 13.0. The average Bonchev–Trinajstić information content (AvgIpc) is 2.97. The minimum Gasteiger partial charge on any atom is -0.408 e. The molecule has 6 nitrogen and oxygen atoms in total. The molecule has 4 aromatic rings. The van der Waals surface area contributed by atoms with Gasteiger partial charge in [0, 0.05) is 22.9 Å². The normalized spacial score (nSPS) is 11.7. The number of nitrogens with zero attached hydrogens (tertiary/aromatic N) is 1. The molecule has 9 heteroatoms. The van der Waals surface area contributed by atoms with E-state index in [1.54, 1.807) is 12.1 Å². The molecule has 0 aliphatic heterocycles. The molecule has 0 atom stereocenters. The number of aromatic nitrogens is 1. The van der Waals surface area contributed by atoms with Crippen molar-refractivity contribution in [3.8, 4) is 0 Å². The van der Waals surface area contributed by atoms with Crippen LogP contribution in [0.25, 0.3) is 11.1 Å². The maximum atomic E-state index is 13.0. The van der Waals surface area contributed by atoms with Crippen LogP contribution in [0.1, 0.15) is 0 Å². The zero-order valence-electron chi connectivity index (χ0n) is 15.1. The van der Waals surface area contributed by atoms with Crippen molar-refractivity contribution < 1.29 is 12.8 Å². The van der Waals surface area contributed by atoms with Crippen LogP contribution in [0.3, 0.4) is 0 Å². The Balaban J connectivity index is 1.72. The van der Waals surface area contributed by atoms with E-state index in [0.29, 0.717) is 11.2 Å². The van der Waals surface area contributed by atoms with E-state index in [4.69, 9.17) is 16.0 Å². The summed E-state index contributed by atoms with van der Waals surface area (Å²) in [6.45, 7) is 0. The first-order valence-corrected chi connectivity index (χ1v) is 11.2. The van der Waals surface area contributed by atoms with Gasteiger partial charge in [-0.05, 0) is 30.3 Å². The largest absolute Gasteiger partial charge is 0.419 e. The number of fused-ring (bicyclic) bond motifs is 1. The van der Waals surface area contributed by atoms with Gasteiger partial charge in [0.1, 0.15) is 4.90 Å². The lowest BCUT2D eigenvalue weighted by molar-refractivity contribution is 0.527. The summed E-state index contributed by atoms with van der Waals surface area (Å²) in [5.41, 5.74) is 0.986. The minimum atomic E-state index is -4.02. The van der Waals surface area contributed by atoms with Crippen molar-refractivity contribution in [1.82, 2.24) is 4.57 Å². The standard InChI is InChI=1S/C20H15ClN2O4S2/c1-23-16-11-14(21)19(12-17(16)27-20(23)24)29(25,26)22-15-9-5-6-10-18(15)28-13-7-3-2-4-8-13/h2-12,22H,1H3. The summed E-state index contributed by atoms with van der Waals surface area (Å²) in [6, 6.07) is 19.4. The quantitative estimate of drug-likeness (QED) is 0.479. The molecule has 0 amide bonds. The molecule has 1 aromatic heterocycles. The molecule has 0 aliphatic rings. The van der Waals surface area contributed by atoms with Crippen molar-refractivity contribution in [3.05, 3.63) is 82.3 Å². The van der Waals surface area contributed by atoms with Crippen molar-refractivity contribution in [1.29, 1.82) is 0 Å². The second-order valence-electron chi connectivity index (χ2n) is 6.19. The van der Waals surface area contributed by atoms with Crippen molar-refractivity contribution in [2.75, 3.05) is 4.72 Å². The van der Waals surface area contributed by atoms with Gasteiger partial charge < -0.3 is 4.42 Å². The van der Waals surface area contributed by atoms with Gasteiger partial charge in [0.2, 0.25) is 0 Å². The number of benzene rings is 3. The Bertz CT molecular complexity index is 1360. The number of anilines is 1. The topological polar surface area (TPSA) is 81.3 Å². The number of hydrogen-bond acceptors (Lipinski definition) is 5. The monoisotopic (exact) mass is 446 g/mol. The van der Waals surface area contributed by atoms with Crippen LogP contribution in [0.2, 0.25) is 5.02 Å². The fourth-order valence-corrected chi connectivity index (χ4v) is 5.40. The van der Waals surface area contributed by atoms with E-state index in [1.165, 1.54) is 35.5 Å². The van der Waals surface area contributed by atoms with Crippen LogP contribution < -0.4 is 10.5 Å². The first-order chi connectivity index (χ1) is 13.8. The Morgan fingerprint density at radius 1 is 1.03 bits per heavy atom. The van der Waals surface area contributed by atoms with Gasteiger partial charge in [-0.1, -0.05) is 53.7 Å². The lowest BCUT2D eigenvalue weighted by Crippen LogP contribution is -2.14. The summed E-state index contributed by atoms with van der Waals surface area (Å²) in [5.74, 6) is -0.594. The summed E-state index contributed by atoms with van der Waals surface area (Å²) in [4.78, 5) is 13.3. The molecule has 0 aliphatic carbocycles. The van der Waals surface area contributed by atoms with Gasteiger partial charge in [-0.2, -0.15) is 0 Å². The molecule has 148 valence electrons. The third-order valence-corrected chi connectivity index (χ3v) is 7.15. The Kier molecular flexibility index (Phi) is 5.16. The molecule has 29 heavy (non-hydrogen) atoms.